The maximum absolute atomic E-state index is 12.4. The molecule has 3 rings (SSSR count). The Morgan fingerprint density at radius 3 is 2.81 bits per heavy atom. The summed E-state index contributed by atoms with van der Waals surface area (Å²) >= 11 is 1.48. The first kappa shape index (κ1) is 18.3. The van der Waals surface area contributed by atoms with Crippen molar-refractivity contribution < 1.29 is 9.32 Å². The van der Waals surface area contributed by atoms with E-state index in [0.717, 1.165) is 34.7 Å². The Morgan fingerprint density at radius 1 is 1.31 bits per heavy atom. The average molecular weight is 370 g/mol. The summed E-state index contributed by atoms with van der Waals surface area (Å²) < 4.78 is 5.45. The number of hydrogen-bond acceptors (Lipinski definition) is 6. The summed E-state index contributed by atoms with van der Waals surface area (Å²) in [6.07, 6.45) is 0.977. The second-order valence-electron chi connectivity index (χ2n) is 6.08. The minimum atomic E-state index is -0.273. The molecule has 1 atom stereocenters. The molecular weight excluding hydrogens is 348 g/mol. The van der Waals surface area contributed by atoms with E-state index >= 15 is 0 Å². The molecule has 0 saturated carbocycles. The van der Waals surface area contributed by atoms with E-state index in [1.54, 1.807) is 0 Å². The predicted octanol–water partition coefficient (Wildman–Crippen LogP) is 4.10. The molecule has 0 aliphatic carbocycles. The van der Waals surface area contributed by atoms with Crippen LogP contribution in [0.5, 0.6) is 0 Å². The zero-order valence-electron chi connectivity index (χ0n) is 15.1. The summed E-state index contributed by atoms with van der Waals surface area (Å²) in [5.74, 6) is 0.859. The highest BCUT2D eigenvalue weighted by Crippen LogP contribution is 2.37. The van der Waals surface area contributed by atoms with Crippen LogP contribution in [-0.4, -0.2) is 28.6 Å². The van der Waals surface area contributed by atoms with Gasteiger partial charge >= 0.3 is 0 Å². The zero-order valence-corrected chi connectivity index (χ0v) is 15.9. The molecule has 0 aliphatic rings. The average Bonchev–Trinajstić information content (AvgIpc) is 3.28. The van der Waals surface area contributed by atoms with Crippen LogP contribution in [0.2, 0.25) is 0 Å². The SMILES string of the molecule is CCCNC(C)C(=O)Nc1c(C)csc1-c1nc(-c2ccccc2)no1. The van der Waals surface area contributed by atoms with Crippen LogP contribution in [0.1, 0.15) is 25.8 Å². The van der Waals surface area contributed by atoms with Gasteiger partial charge in [0.05, 0.1) is 11.7 Å². The van der Waals surface area contributed by atoms with Crippen molar-refractivity contribution in [3.8, 4) is 22.2 Å². The third-order valence-corrected chi connectivity index (χ3v) is 5.06. The van der Waals surface area contributed by atoms with Gasteiger partial charge in [-0.15, -0.1) is 11.3 Å². The maximum Gasteiger partial charge on any atom is 0.270 e. The first-order valence-corrected chi connectivity index (χ1v) is 9.50. The fraction of sp³-hybridized carbons (Fsp3) is 0.316. The molecule has 0 fully saturated rings. The normalized spacial score (nSPS) is 12.1. The van der Waals surface area contributed by atoms with Crippen molar-refractivity contribution in [2.24, 2.45) is 0 Å². The van der Waals surface area contributed by atoms with Crippen LogP contribution in [0.25, 0.3) is 22.2 Å². The number of nitrogens with one attached hydrogen (secondary N) is 2. The number of amides is 1. The van der Waals surface area contributed by atoms with E-state index in [1.165, 1.54) is 11.3 Å². The van der Waals surface area contributed by atoms with Crippen LogP contribution in [0, 0.1) is 6.92 Å². The first-order valence-electron chi connectivity index (χ1n) is 8.62. The minimum Gasteiger partial charge on any atom is -0.333 e. The van der Waals surface area contributed by atoms with E-state index in [9.17, 15) is 4.79 Å². The van der Waals surface area contributed by atoms with Crippen molar-refractivity contribution in [3.63, 3.8) is 0 Å². The summed E-state index contributed by atoms with van der Waals surface area (Å²) in [6.45, 7) is 6.67. The topological polar surface area (TPSA) is 80.0 Å². The molecule has 2 aromatic heterocycles. The number of nitrogens with zero attached hydrogens (tertiary/aromatic N) is 2. The first-order chi connectivity index (χ1) is 12.6. The van der Waals surface area contributed by atoms with Gasteiger partial charge in [0.2, 0.25) is 11.7 Å². The van der Waals surface area contributed by atoms with Crippen LogP contribution in [0.4, 0.5) is 5.69 Å². The number of rotatable bonds is 7. The quantitative estimate of drug-likeness (QED) is 0.654. The molecule has 0 bridgehead atoms. The Morgan fingerprint density at radius 2 is 2.08 bits per heavy atom. The number of hydrogen-bond donors (Lipinski definition) is 2. The van der Waals surface area contributed by atoms with Crippen molar-refractivity contribution >= 4 is 22.9 Å². The second-order valence-corrected chi connectivity index (χ2v) is 6.96. The maximum atomic E-state index is 12.4. The molecule has 7 heteroatoms. The Hall–Kier alpha value is -2.51. The van der Waals surface area contributed by atoms with E-state index in [4.69, 9.17) is 4.52 Å². The van der Waals surface area contributed by atoms with Crippen molar-refractivity contribution in [2.75, 3.05) is 11.9 Å². The lowest BCUT2D eigenvalue weighted by molar-refractivity contribution is -0.117. The molecule has 0 radical (unpaired) electrons. The molecule has 26 heavy (non-hydrogen) atoms. The molecule has 1 unspecified atom stereocenters. The lowest BCUT2D eigenvalue weighted by Crippen LogP contribution is -2.38. The van der Waals surface area contributed by atoms with Gasteiger partial charge in [-0.2, -0.15) is 4.98 Å². The third-order valence-electron chi connectivity index (χ3n) is 3.97. The van der Waals surface area contributed by atoms with E-state index in [1.807, 2.05) is 49.6 Å². The molecule has 0 spiro atoms. The fourth-order valence-electron chi connectivity index (χ4n) is 2.46. The summed E-state index contributed by atoms with van der Waals surface area (Å²) in [5.41, 5.74) is 2.59. The molecule has 1 aromatic carbocycles. The zero-order chi connectivity index (χ0) is 18.5. The third kappa shape index (κ3) is 4.00. The molecular formula is C19H22N4O2S. The second kappa shape index (κ2) is 8.25. The van der Waals surface area contributed by atoms with Gasteiger partial charge in [-0.05, 0) is 37.8 Å². The summed E-state index contributed by atoms with van der Waals surface area (Å²) in [5, 5.41) is 12.2. The van der Waals surface area contributed by atoms with Crippen LogP contribution < -0.4 is 10.6 Å². The van der Waals surface area contributed by atoms with Crippen LogP contribution in [0.3, 0.4) is 0 Å². The number of carbonyl (C=O) groups is 1. The highest BCUT2D eigenvalue weighted by Gasteiger charge is 2.21. The molecule has 136 valence electrons. The molecule has 6 nitrogen and oxygen atoms in total. The Labute approximate surface area is 156 Å². The van der Waals surface area contributed by atoms with Gasteiger partial charge in [-0.1, -0.05) is 42.4 Å². The van der Waals surface area contributed by atoms with Crippen molar-refractivity contribution in [3.05, 3.63) is 41.3 Å². The fourth-order valence-corrected chi connectivity index (χ4v) is 3.39. The van der Waals surface area contributed by atoms with Crippen LogP contribution in [-0.2, 0) is 4.79 Å². The minimum absolute atomic E-state index is 0.0796. The largest absolute Gasteiger partial charge is 0.333 e. The number of anilines is 1. The predicted molar refractivity (Wildman–Crippen MR) is 104 cm³/mol. The summed E-state index contributed by atoms with van der Waals surface area (Å²) in [7, 11) is 0. The van der Waals surface area contributed by atoms with E-state index < -0.39 is 0 Å². The number of carbonyl (C=O) groups excluding carboxylic acids is 1. The van der Waals surface area contributed by atoms with Crippen molar-refractivity contribution in [2.45, 2.75) is 33.2 Å². The standard InChI is InChI=1S/C19H22N4O2S/c1-4-10-20-13(3)18(24)21-15-12(2)11-26-16(15)19-22-17(23-25-19)14-8-6-5-7-9-14/h5-9,11,13,20H,4,10H2,1-3H3,(H,21,24). The van der Waals surface area contributed by atoms with Gasteiger partial charge < -0.3 is 15.2 Å². The van der Waals surface area contributed by atoms with Crippen LogP contribution in [0.15, 0.2) is 40.2 Å². The van der Waals surface area contributed by atoms with Gasteiger partial charge in [-0.3, -0.25) is 4.79 Å². The monoisotopic (exact) mass is 370 g/mol. The number of thiophene rings is 1. The van der Waals surface area contributed by atoms with Gasteiger partial charge in [0.25, 0.3) is 5.89 Å². The lowest BCUT2D eigenvalue weighted by atomic mass is 10.2. The molecule has 2 N–H and O–H groups in total. The van der Waals surface area contributed by atoms with Crippen molar-refractivity contribution in [1.82, 2.24) is 15.5 Å². The van der Waals surface area contributed by atoms with E-state index in [0.29, 0.717) is 11.7 Å². The van der Waals surface area contributed by atoms with Crippen LogP contribution >= 0.6 is 11.3 Å². The molecule has 3 aromatic rings. The summed E-state index contributed by atoms with van der Waals surface area (Å²) in [4.78, 5) is 17.7. The van der Waals surface area contributed by atoms with Gasteiger partial charge in [-0.25, -0.2) is 0 Å². The summed E-state index contributed by atoms with van der Waals surface area (Å²) in [6, 6.07) is 9.38. The smallest absolute Gasteiger partial charge is 0.270 e. The highest BCUT2D eigenvalue weighted by molar-refractivity contribution is 7.14. The Kier molecular flexibility index (Phi) is 5.80. The number of benzene rings is 1. The van der Waals surface area contributed by atoms with Crippen molar-refractivity contribution in [1.29, 1.82) is 0 Å². The number of aryl methyl sites for hydroxylation is 1. The highest BCUT2D eigenvalue weighted by atomic mass is 32.1. The lowest BCUT2D eigenvalue weighted by Gasteiger charge is -2.14. The van der Waals surface area contributed by atoms with Gasteiger partial charge in [0, 0.05) is 5.56 Å². The van der Waals surface area contributed by atoms with Gasteiger partial charge in [0.15, 0.2) is 0 Å². The molecule has 0 saturated heterocycles. The van der Waals surface area contributed by atoms with E-state index in [-0.39, 0.29) is 11.9 Å². The van der Waals surface area contributed by atoms with E-state index in [2.05, 4.69) is 27.7 Å². The molecule has 1 amide bonds. The Balaban J connectivity index is 1.82. The van der Waals surface area contributed by atoms with Gasteiger partial charge in [0.1, 0.15) is 4.88 Å². The number of aromatic nitrogens is 2. The molecule has 0 aliphatic heterocycles. The Bertz CT molecular complexity index is 873. The molecule has 2 heterocycles.